The van der Waals surface area contributed by atoms with Gasteiger partial charge in [-0.3, -0.25) is 4.74 Å². The van der Waals surface area contributed by atoms with Crippen LogP contribution in [0.5, 0.6) is 0 Å². The molecule has 0 saturated heterocycles. The predicted molar refractivity (Wildman–Crippen MR) is 56.7 cm³/mol. The average Bonchev–Trinajstić information content (AvgIpc) is 2.26. The van der Waals surface area contributed by atoms with Crippen LogP contribution >= 0.6 is 8.52 Å². The number of carbonyl (C=O) groups is 1. The quantitative estimate of drug-likeness (QED) is 0.616. The fourth-order valence-electron chi connectivity index (χ4n) is 0.906. The van der Waals surface area contributed by atoms with Crippen molar-refractivity contribution < 1.29 is 9.53 Å². The summed E-state index contributed by atoms with van der Waals surface area (Å²) >= 11 is 0. The molecule has 0 aromatic heterocycles. The van der Waals surface area contributed by atoms with Crippen LogP contribution in [0.15, 0.2) is 29.0 Å². The molecule has 1 aromatic carbocycles. The monoisotopic (exact) mass is 210 g/mol. The molecule has 0 heterocycles. The molecule has 0 aliphatic carbocycles. The van der Waals surface area contributed by atoms with Crippen LogP contribution in [-0.4, -0.2) is 20.1 Å². The Kier molecular flexibility index (Phi) is 4.08. The number of nitrogens with zero attached hydrogens (tertiary/aromatic N) is 1. The second-order valence-corrected chi connectivity index (χ2v) is 3.30. The van der Waals surface area contributed by atoms with Gasteiger partial charge in [-0.25, -0.2) is 4.79 Å². The van der Waals surface area contributed by atoms with Crippen LogP contribution in [0, 0.1) is 0 Å². The molecule has 0 saturated carbocycles. The highest BCUT2D eigenvalue weighted by Gasteiger charge is 2.03. The Morgan fingerprint density at radius 1 is 1.43 bits per heavy atom. The molecule has 14 heavy (non-hydrogen) atoms. The summed E-state index contributed by atoms with van der Waals surface area (Å²) in [5.74, 6) is -0.325. The Morgan fingerprint density at radius 2 is 2.07 bits per heavy atom. The third kappa shape index (κ3) is 2.82. The van der Waals surface area contributed by atoms with Gasteiger partial charge in [-0.1, -0.05) is 0 Å². The fourth-order valence-corrected chi connectivity index (χ4v) is 1.27. The van der Waals surface area contributed by atoms with E-state index < -0.39 is 0 Å². The summed E-state index contributed by atoms with van der Waals surface area (Å²) in [5.41, 5.74) is 1.47. The van der Waals surface area contributed by atoms with E-state index in [1.807, 2.05) is 12.1 Å². The predicted octanol–water partition coefficient (Wildman–Crippen LogP) is 2.56. The van der Waals surface area contributed by atoms with E-state index in [1.54, 1.807) is 19.2 Å². The van der Waals surface area contributed by atoms with Gasteiger partial charge in [0.2, 0.25) is 0 Å². The molecule has 0 spiro atoms. The van der Waals surface area contributed by atoms with Gasteiger partial charge in [0.1, 0.15) is 8.52 Å². The molecule has 0 amide bonds. The lowest BCUT2D eigenvalue weighted by Gasteiger charge is -2.01. The normalized spacial score (nSPS) is 10.1. The van der Waals surface area contributed by atoms with E-state index in [1.165, 1.54) is 7.11 Å². The number of benzene rings is 1. The lowest BCUT2D eigenvalue weighted by atomic mass is 10.2. The zero-order valence-electron chi connectivity index (χ0n) is 8.02. The number of esters is 1. The van der Waals surface area contributed by atoms with Gasteiger partial charge < -0.3 is 9.82 Å². The van der Waals surface area contributed by atoms with Crippen molar-refractivity contribution in [2.24, 2.45) is 4.74 Å². The highest BCUT2D eigenvalue weighted by Crippen LogP contribution is 2.13. The number of nitrogens with one attached hydrogen (secondary N) is 1. The van der Waals surface area contributed by atoms with Crippen molar-refractivity contribution in [3.63, 3.8) is 0 Å². The van der Waals surface area contributed by atoms with Crippen LogP contribution in [0.25, 0.3) is 0 Å². The minimum atomic E-state index is -0.325. The van der Waals surface area contributed by atoms with Crippen molar-refractivity contribution in [1.82, 2.24) is 0 Å². The summed E-state index contributed by atoms with van der Waals surface area (Å²) in [6, 6.07) is 7.04. The largest absolute Gasteiger partial charge is 0.465 e. The highest BCUT2D eigenvalue weighted by atomic mass is 31.1. The summed E-state index contributed by atoms with van der Waals surface area (Å²) in [7, 11) is 3.88. The average molecular weight is 210 g/mol. The summed E-state index contributed by atoms with van der Waals surface area (Å²) in [4.78, 5) is 11.1. The number of anilines is 1. The van der Waals surface area contributed by atoms with Crippen molar-refractivity contribution in [3.05, 3.63) is 29.8 Å². The molecule has 1 rings (SSSR count). The first-order valence-electron chi connectivity index (χ1n) is 4.01. The molecule has 0 radical (unpaired) electrons. The highest BCUT2D eigenvalue weighted by molar-refractivity contribution is 7.28. The van der Waals surface area contributed by atoms with Gasteiger partial charge in [-0.15, -0.1) is 0 Å². The molecule has 4 nitrogen and oxygen atoms in total. The van der Waals surface area contributed by atoms with E-state index in [4.69, 9.17) is 0 Å². The Bertz CT molecular complexity index is 335. The Labute approximate surface area is 84.2 Å². The molecule has 0 atom stereocenters. The summed E-state index contributed by atoms with van der Waals surface area (Å²) < 4.78 is 8.45. The second-order valence-electron chi connectivity index (χ2n) is 2.48. The van der Waals surface area contributed by atoms with Crippen LogP contribution in [-0.2, 0) is 4.74 Å². The molecule has 0 aliphatic rings. The van der Waals surface area contributed by atoms with Crippen molar-refractivity contribution in [1.29, 1.82) is 0 Å². The third-order valence-corrected chi connectivity index (χ3v) is 2.14. The Morgan fingerprint density at radius 3 is 2.57 bits per heavy atom. The molecule has 1 aromatic rings. The number of ether oxygens (including phenoxy) is 1. The first-order chi connectivity index (χ1) is 6.77. The number of rotatable bonds is 3. The minimum absolute atomic E-state index is 0.325. The topological polar surface area (TPSA) is 50.7 Å². The van der Waals surface area contributed by atoms with Gasteiger partial charge in [0, 0.05) is 12.7 Å². The second kappa shape index (κ2) is 5.35. The van der Waals surface area contributed by atoms with Crippen molar-refractivity contribution in [2.75, 3.05) is 19.2 Å². The summed E-state index contributed by atoms with van der Waals surface area (Å²) in [5, 5.41) is 3.03. The van der Waals surface area contributed by atoms with Gasteiger partial charge >= 0.3 is 5.97 Å². The van der Waals surface area contributed by atoms with E-state index in [0.717, 1.165) is 14.2 Å². The van der Waals surface area contributed by atoms with E-state index >= 15 is 0 Å². The molecule has 1 N–H and O–H groups in total. The van der Waals surface area contributed by atoms with Crippen molar-refractivity contribution in [2.45, 2.75) is 0 Å². The lowest BCUT2D eigenvalue weighted by Crippen LogP contribution is -2.00. The van der Waals surface area contributed by atoms with Crippen molar-refractivity contribution in [3.8, 4) is 0 Å². The summed E-state index contributed by atoms with van der Waals surface area (Å²) in [6.07, 6.45) is 0. The standard InChI is InChI=1S/C9H11N2O2P/c1-10-14-11-8-5-3-7(4-6-8)9(12)13-2/h3-6H,1-2H3,(H,10,11). The summed E-state index contributed by atoms with van der Waals surface area (Å²) in [6.45, 7) is 0. The van der Waals surface area contributed by atoms with Crippen molar-refractivity contribution >= 4 is 20.2 Å². The molecule has 0 fully saturated rings. The molecule has 74 valence electrons. The third-order valence-electron chi connectivity index (χ3n) is 1.59. The SMILES string of the molecule is CN=PNc1ccc(C(=O)OC)cc1. The van der Waals surface area contributed by atoms with Crippen LogP contribution in [0.1, 0.15) is 10.4 Å². The molecule has 5 heteroatoms. The number of hydrogen-bond acceptors (Lipinski definition) is 3. The molecular formula is C9H11N2O2P. The minimum Gasteiger partial charge on any atom is -0.465 e. The Balaban J connectivity index is 2.73. The lowest BCUT2D eigenvalue weighted by molar-refractivity contribution is 0.0601. The van der Waals surface area contributed by atoms with Crippen LogP contribution < -0.4 is 5.09 Å². The van der Waals surface area contributed by atoms with Gasteiger partial charge in [0.25, 0.3) is 0 Å². The maximum Gasteiger partial charge on any atom is 0.337 e. The zero-order valence-corrected chi connectivity index (χ0v) is 8.91. The van der Waals surface area contributed by atoms with Crippen LogP contribution in [0.2, 0.25) is 0 Å². The van der Waals surface area contributed by atoms with E-state index in [0.29, 0.717) is 5.56 Å². The first kappa shape index (κ1) is 10.7. The molecule has 0 unspecified atom stereocenters. The van der Waals surface area contributed by atoms with Gasteiger partial charge in [0.05, 0.1) is 12.7 Å². The zero-order chi connectivity index (χ0) is 10.4. The molecule has 0 bridgehead atoms. The van der Waals surface area contributed by atoms with E-state index in [9.17, 15) is 4.79 Å². The molecule has 0 aliphatic heterocycles. The molecular weight excluding hydrogens is 199 g/mol. The van der Waals surface area contributed by atoms with Gasteiger partial charge in [-0.2, -0.15) is 0 Å². The maximum absolute atomic E-state index is 11.1. The smallest absolute Gasteiger partial charge is 0.337 e. The van der Waals surface area contributed by atoms with E-state index in [-0.39, 0.29) is 5.97 Å². The van der Waals surface area contributed by atoms with E-state index in [2.05, 4.69) is 14.6 Å². The maximum atomic E-state index is 11.1. The number of carbonyl (C=O) groups excluding carboxylic acids is 1. The number of hydrogen-bond donors (Lipinski definition) is 1. The van der Waals surface area contributed by atoms with Crippen LogP contribution in [0.4, 0.5) is 5.69 Å². The number of methoxy groups -OCH3 is 1. The first-order valence-corrected chi connectivity index (χ1v) is 4.86. The Hall–Kier alpha value is -1.41. The van der Waals surface area contributed by atoms with Gasteiger partial charge in [-0.05, 0) is 24.3 Å². The van der Waals surface area contributed by atoms with Gasteiger partial charge in [0.15, 0.2) is 0 Å². The van der Waals surface area contributed by atoms with Crippen LogP contribution in [0.3, 0.4) is 0 Å². The fraction of sp³-hybridized carbons (Fsp3) is 0.222.